The number of morpholine rings is 1. The van der Waals surface area contributed by atoms with Gasteiger partial charge in [-0.2, -0.15) is 0 Å². The van der Waals surface area contributed by atoms with Gasteiger partial charge in [-0.05, 0) is 92.1 Å². The number of carbonyl (C=O) groups is 3. The van der Waals surface area contributed by atoms with Gasteiger partial charge in [0.05, 0.1) is 77.0 Å². The number of rotatable bonds is 20. The van der Waals surface area contributed by atoms with E-state index < -0.39 is 6.04 Å². The van der Waals surface area contributed by atoms with E-state index in [9.17, 15) is 14.4 Å². The fraction of sp³-hybridized carbons (Fsp3) is 0.353. The zero-order valence-corrected chi connectivity index (χ0v) is 40.8. The Hall–Kier alpha value is -6.54. The Morgan fingerprint density at radius 2 is 1.59 bits per heavy atom. The number of ether oxygens (including phenoxy) is 5. The van der Waals surface area contributed by atoms with Crippen LogP contribution in [0.4, 0.5) is 17.2 Å². The van der Waals surface area contributed by atoms with Crippen molar-refractivity contribution in [1.29, 1.82) is 0 Å². The molecule has 19 heteroatoms. The lowest BCUT2D eigenvalue weighted by molar-refractivity contribution is -0.117. The number of aromatic nitrogens is 4. The first-order valence-electron chi connectivity index (χ1n) is 23.3. The van der Waals surface area contributed by atoms with E-state index >= 15 is 0 Å². The predicted octanol–water partition coefficient (Wildman–Crippen LogP) is 7.40. The maximum atomic E-state index is 13.7. The number of thiophene rings is 1. The molecular weight excluding hydrogens is 934 g/mol. The molecule has 3 N–H and O–H groups in total. The second-order valence-corrected chi connectivity index (χ2v) is 18.5. The van der Waals surface area contributed by atoms with Gasteiger partial charge >= 0.3 is 0 Å². The molecule has 1 atom stereocenters. The minimum Gasteiger partial charge on any atom is -0.491 e. The van der Waals surface area contributed by atoms with Crippen molar-refractivity contribution in [1.82, 2.24) is 24.6 Å². The quantitative estimate of drug-likeness (QED) is 0.0644. The first-order valence-corrected chi connectivity index (χ1v) is 24.5. The summed E-state index contributed by atoms with van der Waals surface area (Å²) in [5.74, 6) is 2.21. The van der Waals surface area contributed by atoms with Gasteiger partial charge in [-0.15, -0.1) is 21.5 Å². The van der Waals surface area contributed by atoms with E-state index in [0.29, 0.717) is 125 Å². The van der Waals surface area contributed by atoms with Crippen molar-refractivity contribution < 1.29 is 38.1 Å². The van der Waals surface area contributed by atoms with Crippen LogP contribution in [-0.4, -0.2) is 127 Å². The van der Waals surface area contributed by atoms with Crippen LogP contribution in [0.15, 0.2) is 84.0 Å². The third kappa shape index (κ3) is 11.4. The first kappa shape index (κ1) is 48.5. The first-order chi connectivity index (χ1) is 34.1. The van der Waals surface area contributed by atoms with Crippen molar-refractivity contribution in [3.63, 3.8) is 0 Å². The fourth-order valence-corrected chi connectivity index (χ4v) is 9.80. The summed E-state index contributed by atoms with van der Waals surface area (Å²) in [5, 5.41) is 19.7. The van der Waals surface area contributed by atoms with Gasteiger partial charge in [0.15, 0.2) is 5.82 Å². The molecule has 9 rings (SSSR count). The smallest absolute Gasteiger partial charge is 0.254 e. The van der Waals surface area contributed by atoms with Gasteiger partial charge < -0.3 is 44.5 Å². The number of pyridine rings is 1. The summed E-state index contributed by atoms with van der Waals surface area (Å²) >= 11 is 7.92. The molecule has 6 heterocycles. The van der Waals surface area contributed by atoms with Crippen LogP contribution in [0.25, 0.3) is 16.1 Å². The number of amides is 3. The van der Waals surface area contributed by atoms with Crippen LogP contribution in [0.3, 0.4) is 0 Å². The Kier molecular flexibility index (Phi) is 15.6. The number of hydrogen-bond donors (Lipinski definition) is 3. The lowest BCUT2D eigenvalue weighted by Gasteiger charge is -2.27. The monoisotopic (exact) mass is 987 g/mol. The minimum atomic E-state index is -0.581. The average Bonchev–Trinajstić information content (AvgIpc) is 4.01. The maximum absolute atomic E-state index is 13.7. The van der Waals surface area contributed by atoms with Crippen LogP contribution in [0, 0.1) is 20.8 Å². The second-order valence-electron chi connectivity index (χ2n) is 16.9. The Morgan fingerprint density at radius 3 is 2.34 bits per heavy atom. The van der Waals surface area contributed by atoms with Crippen LogP contribution in [-0.2, 0) is 35.0 Å². The number of fused-ring (bicyclic) bond motifs is 4. The van der Waals surface area contributed by atoms with Crippen molar-refractivity contribution in [2.24, 2.45) is 4.99 Å². The Labute approximate surface area is 414 Å². The third-order valence-electron chi connectivity index (χ3n) is 12.1. The number of aryl methyl sites for hydroxylation is 2. The molecule has 364 valence electrons. The molecule has 70 heavy (non-hydrogen) atoms. The van der Waals surface area contributed by atoms with Gasteiger partial charge in [-0.3, -0.25) is 23.9 Å². The van der Waals surface area contributed by atoms with E-state index in [1.807, 2.05) is 54.0 Å². The highest BCUT2D eigenvalue weighted by molar-refractivity contribution is 7.15. The number of carbonyl (C=O) groups excluding carboxylic acids is 3. The van der Waals surface area contributed by atoms with Crippen LogP contribution in [0.1, 0.15) is 61.6 Å². The molecule has 1 saturated heterocycles. The highest BCUT2D eigenvalue weighted by atomic mass is 35.5. The molecule has 3 aliphatic rings. The molecule has 17 nitrogen and oxygen atoms in total. The Morgan fingerprint density at radius 1 is 0.871 bits per heavy atom. The van der Waals surface area contributed by atoms with E-state index in [-0.39, 0.29) is 24.1 Å². The van der Waals surface area contributed by atoms with Gasteiger partial charge in [0.2, 0.25) is 11.8 Å². The van der Waals surface area contributed by atoms with E-state index in [4.69, 9.17) is 40.3 Å². The molecule has 1 fully saturated rings. The van der Waals surface area contributed by atoms with E-state index in [0.717, 1.165) is 50.0 Å². The summed E-state index contributed by atoms with van der Waals surface area (Å²) in [6, 6.07) is 21.7. The van der Waals surface area contributed by atoms with E-state index in [1.165, 1.54) is 4.88 Å². The molecule has 0 saturated carbocycles. The summed E-state index contributed by atoms with van der Waals surface area (Å²) in [6.07, 6.45) is 2.07. The van der Waals surface area contributed by atoms with Crippen LogP contribution in [0.2, 0.25) is 5.02 Å². The van der Waals surface area contributed by atoms with Crippen molar-refractivity contribution in [3.05, 3.63) is 128 Å². The summed E-state index contributed by atoms with van der Waals surface area (Å²) in [4.78, 5) is 52.0. The maximum Gasteiger partial charge on any atom is 0.254 e. The van der Waals surface area contributed by atoms with Crippen molar-refractivity contribution in [2.45, 2.75) is 39.7 Å². The molecule has 0 spiro atoms. The fourth-order valence-electron chi connectivity index (χ4n) is 8.46. The van der Waals surface area contributed by atoms with Crippen molar-refractivity contribution in [3.8, 4) is 21.9 Å². The average molecular weight is 989 g/mol. The van der Waals surface area contributed by atoms with Gasteiger partial charge in [-0.25, -0.2) is 4.98 Å². The zero-order valence-electron chi connectivity index (χ0n) is 39.2. The topological polar surface area (TPSA) is 193 Å². The Bertz CT molecular complexity index is 2880. The van der Waals surface area contributed by atoms with Crippen molar-refractivity contribution in [2.75, 3.05) is 95.0 Å². The normalized spacial score (nSPS) is 15.1. The number of aliphatic imine (C=N–C) groups is 1. The number of halogens is 1. The lowest BCUT2D eigenvalue weighted by Crippen LogP contribution is -2.40. The summed E-state index contributed by atoms with van der Waals surface area (Å²) in [7, 11) is 0. The Balaban J connectivity index is 0.668. The van der Waals surface area contributed by atoms with Crippen LogP contribution in [0.5, 0.6) is 5.75 Å². The van der Waals surface area contributed by atoms with Crippen LogP contribution < -0.4 is 20.7 Å². The van der Waals surface area contributed by atoms with Gasteiger partial charge in [0.25, 0.3) is 5.91 Å². The molecule has 3 aromatic heterocycles. The third-order valence-corrected chi connectivity index (χ3v) is 13.6. The molecule has 0 bridgehead atoms. The van der Waals surface area contributed by atoms with Crippen molar-refractivity contribution >= 4 is 63.6 Å². The standard InChI is InChI=1S/C51H54ClN9O8S/c1-31-32(2)70-51-47(31)48(34-4-7-37(52)8-5-34)57-43(49-59-58-33(3)61(49)51)29-46(63)55-38-9-11-39(12-10-38)69-25-24-68-23-22-67-21-20-65-17-14-53-44-28-40(50(64)60-15-18-66-19-16-60)41(30-54-44)35-6-13-42-36(26-35)27-45(62)56-42/h4-13,26,28,30,43H,14-25,27,29H2,1-3H3,(H,53,54)(H,55,63)(H,56,62)/t43-/m0/s1. The molecule has 3 aromatic carbocycles. The zero-order chi connectivity index (χ0) is 48.6. The molecule has 6 aromatic rings. The van der Waals surface area contributed by atoms with Gasteiger partial charge in [-0.1, -0.05) is 29.8 Å². The molecule has 0 radical (unpaired) electrons. The highest BCUT2D eigenvalue weighted by Crippen LogP contribution is 2.40. The molecule has 3 aliphatic heterocycles. The number of hydrogen-bond acceptors (Lipinski definition) is 14. The number of nitrogens with one attached hydrogen (secondary N) is 3. The van der Waals surface area contributed by atoms with Crippen LogP contribution >= 0.6 is 22.9 Å². The summed E-state index contributed by atoms with van der Waals surface area (Å²) in [6.45, 7) is 11.4. The number of anilines is 3. The molecule has 0 unspecified atom stereocenters. The minimum absolute atomic E-state index is 0.0442. The molecular formula is C51H54ClN9O8S. The van der Waals surface area contributed by atoms with E-state index in [1.54, 1.807) is 52.8 Å². The predicted molar refractivity (Wildman–Crippen MR) is 268 cm³/mol. The SMILES string of the molecule is Cc1sc2c(c1C)C(c1ccc(Cl)cc1)=N[C@@H](CC(=O)Nc1ccc(OCCOCCOCCOCCNc3cc(C(=O)N4CCOCC4)c(-c4ccc5c(c4)CC(=O)N5)cn3)cc1)c1nnc(C)n1-2. The summed E-state index contributed by atoms with van der Waals surface area (Å²) in [5.41, 5.74) is 8.22. The second kappa shape index (κ2) is 22.5. The lowest BCUT2D eigenvalue weighted by atomic mass is 9.98. The van der Waals surface area contributed by atoms with Gasteiger partial charge in [0, 0.05) is 63.8 Å². The number of nitrogens with zero attached hydrogens (tertiary/aromatic N) is 6. The van der Waals surface area contributed by atoms with E-state index in [2.05, 4.69) is 45.0 Å². The molecule has 0 aliphatic carbocycles. The molecule has 3 amide bonds. The van der Waals surface area contributed by atoms with Gasteiger partial charge in [0.1, 0.15) is 35.0 Å². The highest BCUT2D eigenvalue weighted by Gasteiger charge is 2.33. The number of benzene rings is 3. The largest absolute Gasteiger partial charge is 0.491 e. The summed E-state index contributed by atoms with van der Waals surface area (Å²) < 4.78 is 30.5.